The highest BCUT2D eigenvalue weighted by atomic mass is 16.5. The maximum atomic E-state index is 12.0. The van der Waals surface area contributed by atoms with Crippen molar-refractivity contribution in [1.82, 2.24) is 0 Å². The molecule has 0 amide bonds. The maximum absolute atomic E-state index is 12.0. The fourth-order valence-electron chi connectivity index (χ4n) is 2.06. The van der Waals surface area contributed by atoms with Gasteiger partial charge in [-0.2, -0.15) is 0 Å². The van der Waals surface area contributed by atoms with Crippen LogP contribution in [-0.2, 0) is 14.3 Å². The first-order chi connectivity index (χ1) is 10.7. The fourth-order valence-corrected chi connectivity index (χ4v) is 2.06. The van der Waals surface area contributed by atoms with Gasteiger partial charge in [-0.15, -0.1) is 0 Å². The molecule has 0 saturated heterocycles. The Morgan fingerprint density at radius 1 is 1.23 bits per heavy atom. The van der Waals surface area contributed by atoms with Gasteiger partial charge < -0.3 is 14.6 Å². The van der Waals surface area contributed by atoms with E-state index in [1.54, 1.807) is 19.9 Å². The maximum Gasteiger partial charge on any atom is 0.338 e. The minimum absolute atomic E-state index is 0.0400. The molecular weight excluding hydrogens is 282 g/mol. The van der Waals surface area contributed by atoms with Gasteiger partial charge in [0.2, 0.25) is 0 Å². The van der Waals surface area contributed by atoms with Crippen molar-refractivity contribution >= 4 is 17.6 Å². The SMILES string of the molecule is CCOC(=O)C1=C(O)C(OCC)=NC(c2ccccc2)=CC1. The molecule has 1 aliphatic rings. The van der Waals surface area contributed by atoms with E-state index in [4.69, 9.17) is 9.47 Å². The summed E-state index contributed by atoms with van der Waals surface area (Å²) >= 11 is 0. The van der Waals surface area contributed by atoms with E-state index in [0.29, 0.717) is 12.3 Å². The number of esters is 1. The van der Waals surface area contributed by atoms with Crippen molar-refractivity contribution in [3.8, 4) is 0 Å². The summed E-state index contributed by atoms with van der Waals surface area (Å²) in [7, 11) is 0. The van der Waals surface area contributed by atoms with Crippen LogP contribution in [0.4, 0.5) is 0 Å². The van der Waals surface area contributed by atoms with Crippen LogP contribution in [0.3, 0.4) is 0 Å². The van der Waals surface area contributed by atoms with E-state index in [0.717, 1.165) is 5.56 Å². The molecule has 0 radical (unpaired) electrons. The zero-order valence-electron chi connectivity index (χ0n) is 12.7. The Labute approximate surface area is 129 Å². The van der Waals surface area contributed by atoms with E-state index < -0.39 is 5.97 Å². The molecule has 0 aromatic heterocycles. The Bertz CT molecular complexity index is 629. The second-order valence-corrected chi connectivity index (χ2v) is 4.56. The van der Waals surface area contributed by atoms with Crippen molar-refractivity contribution in [2.45, 2.75) is 20.3 Å². The lowest BCUT2D eigenvalue weighted by molar-refractivity contribution is -0.138. The van der Waals surface area contributed by atoms with E-state index in [1.165, 1.54) is 0 Å². The highest BCUT2D eigenvalue weighted by Crippen LogP contribution is 2.25. The number of allylic oxidation sites excluding steroid dienone is 1. The summed E-state index contributed by atoms with van der Waals surface area (Å²) in [5.41, 5.74) is 1.69. The molecule has 5 heteroatoms. The minimum Gasteiger partial charge on any atom is -0.503 e. The molecule has 1 aromatic carbocycles. The van der Waals surface area contributed by atoms with E-state index in [-0.39, 0.29) is 30.3 Å². The summed E-state index contributed by atoms with van der Waals surface area (Å²) in [5.74, 6) is -0.779. The Morgan fingerprint density at radius 2 is 1.95 bits per heavy atom. The van der Waals surface area contributed by atoms with Gasteiger partial charge >= 0.3 is 5.97 Å². The standard InChI is InChI=1S/C17H19NO4/c1-3-21-16-15(19)13(17(20)22-4-2)10-11-14(18-16)12-8-6-5-7-9-12/h5-9,11,19H,3-4,10H2,1-2H3. The number of nitrogens with zero attached hydrogens (tertiary/aromatic N) is 1. The van der Waals surface area contributed by atoms with E-state index >= 15 is 0 Å². The van der Waals surface area contributed by atoms with E-state index in [1.807, 2.05) is 30.3 Å². The third kappa shape index (κ3) is 3.55. The summed E-state index contributed by atoms with van der Waals surface area (Å²) in [4.78, 5) is 16.3. The van der Waals surface area contributed by atoms with Gasteiger partial charge in [0.15, 0.2) is 5.76 Å². The molecule has 1 N–H and O–H groups in total. The molecule has 0 fully saturated rings. The largest absolute Gasteiger partial charge is 0.503 e. The first-order valence-corrected chi connectivity index (χ1v) is 7.24. The molecule has 0 unspecified atom stereocenters. The van der Waals surface area contributed by atoms with Crippen LogP contribution in [-0.4, -0.2) is 30.2 Å². The highest BCUT2D eigenvalue weighted by Gasteiger charge is 2.23. The second-order valence-electron chi connectivity index (χ2n) is 4.56. The lowest BCUT2D eigenvalue weighted by Gasteiger charge is -2.09. The molecule has 0 spiro atoms. The van der Waals surface area contributed by atoms with Crippen LogP contribution in [0, 0.1) is 0 Å². The summed E-state index contributed by atoms with van der Waals surface area (Å²) in [5, 5.41) is 10.3. The molecule has 22 heavy (non-hydrogen) atoms. The predicted molar refractivity (Wildman–Crippen MR) is 84.4 cm³/mol. The van der Waals surface area contributed by atoms with E-state index in [2.05, 4.69) is 4.99 Å². The van der Waals surface area contributed by atoms with Crippen LogP contribution in [0.5, 0.6) is 0 Å². The summed E-state index contributed by atoms with van der Waals surface area (Å²) < 4.78 is 10.4. The fraction of sp³-hybridized carbons (Fsp3) is 0.294. The van der Waals surface area contributed by atoms with Crippen LogP contribution in [0.15, 0.2) is 52.7 Å². The van der Waals surface area contributed by atoms with Crippen LogP contribution in [0.25, 0.3) is 5.70 Å². The van der Waals surface area contributed by atoms with Crippen LogP contribution in [0.1, 0.15) is 25.8 Å². The summed E-state index contributed by atoms with van der Waals surface area (Å²) in [6.45, 7) is 4.08. The van der Waals surface area contributed by atoms with Crippen molar-refractivity contribution in [1.29, 1.82) is 0 Å². The van der Waals surface area contributed by atoms with Gasteiger partial charge in [-0.25, -0.2) is 9.79 Å². The van der Waals surface area contributed by atoms with Crippen LogP contribution in [0.2, 0.25) is 0 Å². The number of ether oxygens (including phenoxy) is 2. The van der Waals surface area contributed by atoms with Crippen LogP contribution >= 0.6 is 0 Å². The van der Waals surface area contributed by atoms with Crippen LogP contribution < -0.4 is 0 Å². The third-order valence-corrected chi connectivity index (χ3v) is 3.08. The number of hydrogen-bond donors (Lipinski definition) is 1. The number of hydrogen-bond acceptors (Lipinski definition) is 5. The quantitative estimate of drug-likeness (QED) is 0.867. The van der Waals surface area contributed by atoms with Gasteiger partial charge in [0.1, 0.15) is 0 Å². The third-order valence-electron chi connectivity index (χ3n) is 3.08. The Balaban J connectivity index is 2.42. The van der Waals surface area contributed by atoms with Crippen molar-refractivity contribution < 1.29 is 19.4 Å². The number of rotatable bonds is 4. The number of aliphatic imine (C=N–C) groups is 1. The number of carbonyl (C=O) groups is 1. The molecule has 0 aliphatic carbocycles. The predicted octanol–water partition coefficient (Wildman–Crippen LogP) is 3.24. The first kappa shape index (κ1) is 15.8. The monoisotopic (exact) mass is 301 g/mol. The zero-order valence-corrected chi connectivity index (χ0v) is 12.7. The molecule has 1 heterocycles. The van der Waals surface area contributed by atoms with Gasteiger partial charge in [0, 0.05) is 6.42 Å². The Morgan fingerprint density at radius 3 is 2.59 bits per heavy atom. The first-order valence-electron chi connectivity index (χ1n) is 7.24. The van der Waals surface area contributed by atoms with Crippen molar-refractivity contribution in [3.05, 3.63) is 53.3 Å². The Hall–Kier alpha value is -2.56. The van der Waals surface area contributed by atoms with Crippen molar-refractivity contribution in [2.24, 2.45) is 4.99 Å². The minimum atomic E-state index is -0.557. The van der Waals surface area contributed by atoms with Gasteiger partial charge in [0.05, 0.1) is 24.5 Å². The molecule has 0 bridgehead atoms. The van der Waals surface area contributed by atoms with Gasteiger partial charge in [-0.3, -0.25) is 0 Å². The molecule has 0 atom stereocenters. The normalized spacial score (nSPS) is 14.8. The summed E-state index contributed by atoms with van der Waals surface area (Å²) in [6, 6.07) is 9.53. The number of carbonyl (C=O) groups excluding carboxylic acids is 1. The van der Waals surface area contributed by atoms with Crippen molar-refractivity contribution in [3.63, 3.8) is 0 Å². The summed E-state index contributed by atoms with van der Waals surface area (Å²) in [6.07, 6.45) is 2.01. The number of aliphatic hydroxyl groups is 1. The van der Waals surface area contributed by atoms with Gasteiger partial charge in [-0.1, -0.05) is 36.4 Å². The average Bonchev–Trinajstić information content (AvgIpc) is 2.69. The molecule has 0 saturated carbocycles. The van der Waals surface area contributed by atoms with E-state index in [9.17, 15) is 9.90 Å². The molecule has 1 aliphatic heterocycles. The zero-order chi connectivity index (χ0) is 15.9. The lowest BCUT2D eigenvalue weighted by Crippen LogP contribution is -2.15. The topological polar surface area (TPSA) is 68.1 Å². The second kappa shape index (κ2) is 7.45. The van der Waals surface area contributed by atoms with Gasteiger partial charge in [-0.05, 0) is 19.4 Å². The van der Waals surface area contributed by atoms with Crippen molar-refractivity contribution in [2.75, 3.05) is 13.2 Å². The van der Waals surface area contributed by atoms with Gasteiger partial charge in [0.25, 0.3) is 5.90 Å². The molecule has 1 aromatic rings. The average molecular weight is 301 g/mol. The molecule has 2 rings (SSSR count). The smallest absolute Gasteiger partial charge is 0.338 e. The number of aliphatic hydroxyl groups excluding tert-OH is 1. The number of benzene rings is 1. The molecular formula is C17H19NO4. The molecule has 116 valence electrons. The lowest BCUT2D eigenvalue weighted by atomic mass is 10.1. The molecule has 5 nitrogen and oxygen atoms in total. The highest BCUT2D eigenvalue weighted by molar-refractivity contribution is 6.04. The Kier molecular flexibility index (Phi) is 5.36.